The Labute approximate surface area is 158 Å². The number of alkyl halides is 1. The normalized spacial score (nSPS) is 28.1. The first-order chi connectivity index (χ1) is 13.1. The number of amides is 1. The summed E-state index contributed by atoms with van der Waals surface area (Å²) in [5.74, 6) is 0.163. The van der Waals surface area contributed by atoms with Crippen molar-refractivity contribution in [3.63, 3.8) is 0 Å². The third-order valence-electron chi connectivity index (χ3n) is 5.29. The van der Waals surface area contributed by atoms with E-state index in [0.717, 1.165) is 44.9 Å². The highest BCUT2D eigenvalue weighted by Gasteiger charge is 2.27. The molecule has 5 N–H and O–H groups in total. The summed E-state index contributed by atoms with van der Waals surface area (Å²) in [6.07, 6.45) is 7.00. The zero-order valence-electron chi connectivity index (χ0n) is 15.4. The van der Waals surface area contributed by atoms with E-state index in [1.54, 1.807) is 0 Å². The molecule has 8 nitrogen and oxygen atoms in total. The summed E-state index contributed by atoms with van der Waals surface area (Å²) in [5.41, 5.74) is 5.64. The van der Waals surface area contributed by atoms with Crippen LogP contribution >= 0.6 is 0 Å². The molecule has 0 saturated heterocycles. The van der Waals surface area contributed by atoms with Gasteiger partial charge in [-0.1, -0.05) is 0 Å². The molecule has 0 bridgehead atoms. The van der Waals surface area contributed by atoms with Gasteiger partial charge in [0.15, 0.2) is 0 Å². The third kappa shape index (κ3) is 5.26. The summed E-state index contributed by atoms with van der Waals surface area (Å²) in [5, 5.41) is 16.5. The minimum atomic E-state index is -0.609. The molecule has 1 heterocycles. The molecule has 0 aliphatic heterocycles. The van der Waals surface area contributed by atoms with Crippen LogP contribution in [0.2, 0.25) is 0 Å². The van der Waals surface area contributed by atoms with Crippen LogP contribution in [-0.2, 0) is 4.74 Å². The first-order valence-corrected chi connectivity index (χ1v) is 9.62. The van der Waals surface area contributed by atoms with E-state index >= 15 is 0 Å². The zero-order chi connectivity index (χ0) is 19.2. The van der Waals surface area contributed by atoms with Crippen molar-refractivity contribution < 1.29 is 19.0 Å². The van der Waals surface area contributed by atoms with Crippen LogP contribution in [0.15, 0.2) is 6.20 Å². The number of hydrogen-bond acceptors (Lipinski definition) is 7. The largest absolute Gasteiger partial charge is 0.391 e. The predicted octanol–water partition coefficient (Wildman–Crippen LogP) is 1.61. The minimum Gasteiger partial charge on any atom is -0.391 e. The highest BCUT2D eigenvalue weighted by Crippen LogP contribution is 2.26. The molecular weight excluding hydrogens is 353 g/mol. The van der Waals surface area contributed by atoms with Gasteiger partial charge in [0.2, 0.25) is 5.95 Å². The predicted molar refractivity (Wildman–Crippen MR) is 99.4 cm³/mol. The Bertz CT molecular complexity index is 639. The van der Waals surface area contributed by atoms with Crippen LogP contribution in [0.5, 0.6) is 0 Å². The van der Waals surface area contributed by atoms with Crippen LogP contribution in [0.1, 0.15) is 55.3 Å². The number of nitrogens with zero attached hydrogens (tertiary/aromatic N) is 2. The lowest BCUT2D eigenvalue weighted by Crippen LogP contribution is -2.32. The highest BCUT2D eigenvalue weighted by molar-refractivity contribution is 5.97. The van der Waals surface area contributed by atoms with Gasteiger partial charge in [-0.15, -0.1) is 0 Å². The molecule has 0 aromatic carbocycles. The second-order valence-corrected chi connectivity index (χ2v) is 7.25. The van der Waals surface area contributed by atoms with E-state index in [1.807, 2.05) is 0 Å². The van der Waals surface area contributed by atoms with Crippen LogP contribution in [-0.4, -0.2) is 58.6 Å². The molecule has 27 heavy (non-hydrogen) atoms. The molecule has 1 amide bonds. The number of nitrogens with one attached hydrogen (secondary N) is 2. The second-order valence-electron chi connectivity index (χ2n) is 7.25. The molecule has 150 valence electrons. The lowest BCUT2D eigenvalue weighted by atomic mass is 9.93. The van der Waals surface area contributed by atoms with Crippen molar-refractivity contribution in [2.24, 2.45) is 5.73 Å². The molecule has 1 aromatic heterocycles. The number of carbonyl (C=O) groups excluding carboxylic acids is 1. The number of anilines is 2. The van der Waals surface area contributed by atoms with Crippen molar-refractivity contribution in [3.05, 3.63) is 11.8 Å². The lowest BCUT2D eigenvalue weighted by molar-refractivity contribution is 0.0195. The topological polar surface area (TPSA) is 122 Å². The van der Waals surface area contributed by atoms with Gasteiger partial charge in [0.25, 0.3) is 5.91 Å². The number of hydrogen-bond donors (Lipinski definition) is 4. The fraction of sp³-hybridized carbons (Fsp3) is 0.722. The quantitative estimate of drug-likeness (QED) is 0.539. The maximum atomic E-state index is 12.2. The summed E-state index contributed by atoms with van der Waals surface area (Å²) >= 11 is 0. The van der Waals surface area contributed by atoms with E-state index in [4.69, 9.17) is 10.5 Å². The number of carbonyl (C=O) groups is 1. The standard InChI is InChI=1S/C18H28FN5O3/c19-8-9-27-12-6-4-11(5-7-12)22-18-21-10-13(16(20)26)17(24-18)23-14-2-1-3-15(14)25/h10-12,14-15,25H,1-9H2,(H2,20,26)(H2,21,22,23,24)/t11-,12-,14?,15-/m0/s1. The van der Waals surface area contributed by atoms with E-state index < -0.39 is 18.7 Å². The van der Waals surface area contributed by atoms with Gasteiger partial charge in [0, 0.05) is 12.2 Å². The van der Waals surface area contributed by atoms with Gasteiger partial charge >= 0.3 is 0 Å². The van der Waals surface area contributed by atoms with E-state index in [0.29, 0.717) is 11.8 Å². The van der Waals surface area contributed by atoms with Crippen LogP contribution in [0.25, 0.3) is 0 Å². The molecule has 2 atom stereocenters. The molecule has 2 aliphatic rings. The summed E-state index contributed by atoms with van der Waals surface area (Å²) in [7, 11) is 0. The van der Waals surface area contributed by atoms with E-state index in [-0.39, 0.29) is 30.4 Å². The number of aromatic nitrogens is 2. The van der Waals surface area contributed by atoms with E-state index in [1.165, 1.54) is 6.20 Å². The van der Waals surface area contributed by atoms with Gasteiger partial charge in [-0.3, -0.25) is 4.79 Å². The molecule has 9 heteroatoms. The monoisotopic (exact) mass is 381 g/mol. The number of halogens is 1. The lowest BCUT2D eigenvalue weighted by Gasteiger charge is -2.29. The Kier molecular flexibility index (Phi) is 6.78. The Morgan fingerprint density at radius 1 is 1.26 bits per heavy atom. The van der Waals surface area contributed by atoms with Crippen molar-refractivity contribution in [2.75, 3.05) is 23.9 Å². The Hall–Kier alpha value is -2.00. The van der Waals surface area contributed by atoms with Crippen LogP contribution in [0.4, 0.5) is 16.2 Å². The molecular formula is C18H28FN5O3. The van der Waals surface area contributed by atoms with Crippen LogP contribution in [0.3, 0.4) is 0 Å². The fourth-order valence-electron chi connectivity index (χ4n) is 3.79. The molecule has 0 spiro atoms. The molecule has 2 saturated carbocycles. The number of rotatable bonds is 8. The number of primary amides is 1. The maximum Gasteiger partial charge on any atom is 0.254 e. The smallest absolute Gasteiger partial charge is 0.254 e. The number of nitrogens with two attached hydrogens (primary N) is 1. The summed E-state index contributed by atoms with van der Waals surface area (Å²) in [4.78, 5) is 20.3. The fourth-order valence-corrected chi connectivity index (χ4v) is 3.79. The van der Waals surface area contributed by atoms with Gasteiger partial charge in [-0.2, -0.15) is 4.98 Å². The summed E-state index contributed by atoms with van der Waals surface area (Å²) in [6, 6.07) is 0.0496. The van der Waals surface area contributed by atoms with Crippen molar-refractivity contribution in [2.45, 2.75) is 69.2 Å². The molecule has 2 fully saturated rings. The van der Waals surface area contributed by atoms with Crippen molar-refractivity contribution in [3.8, 4) is 0 Å². The Morgan fingerprint density at radius 3 is 2.67 bits per heavy atom. The maximum absolute atomic E-state index is 12.2. The first kappa shape index (κ1) is 19.8. The van der Waals surface area contributed by atoms with Gasteiger partial charge in [-0.25, -0.2) is 9.37 Å². The molecule has 2 aliphatic carbocycles. The van der Waals surface area contributed by atoms with Crippen molar-refractivity contribution in [1.82, 2.24) is 9.97 Å². The second kappa shape index (κ2) is 9.27. The minimum absolute atomic E-state index is 0.109. The van der Waals surface area contributed by atoms with Crippen LogP contribution < -0.4 is 16.4 Å². The summed E-state index contributed by atoms with van der Waals surface area (Å²) < 4.78 is 17.7. The SMILES string of the molecule is NC(=O)c1cnc(N[C@H]2CC[C@H](OCCF)CC2)nc1NC1CCC[C@@H]1O. The van der Waals surface area contributed by atoms with Crippen molar-refractivity contribution in [1.29, 1.82) is 0 Å². The number of aliphatic hydroxyl groups excluding tert-OH is 1. The van der Waals surface area contributed by atoms with E-state index in [2.05, 4.69) is 20.6 Å². The number of aliphatic hydroxyl groups is 1. The highest BCUT2D eigenvalue weighted by atomic mass is 19.1. The zero-order valence-corrected chi connectivity index (χ0v) is 15.4. The Morgan fingerprint density at radius 2 is 2.04 bits per heavy atom. The van der Waals surface area contributed by atoms with Gasteiger partial charge in [-0.05, 0) is 44.9 Å². The molecule has 1 aromatic rings. The molecule has 0 radical (unpaired) electrons. The third-order valence-corrected chi connectivity index (χ3v) is 5.29. The average molecular weight is 381 g/mol. The molecule has 1 unspecified atom stereocenters. The molecule has 3 rings (SSSR count). The van der Waals surface area contributed by atoms with Crippen LogP contribution in [0, 0.1) is 0 Å². The van der Waals surface area contributed by atoms with Gasteiger partial charge < -0.3 is 26.2 Å². The number of ether oxygens (including phenoxy) is 1. The van der Waals surface area contributed by atoms with Gasteiger partial charge in [0.1, 0.15) is 12.5 Å². The first-order valence-electron chi connectivity index (χ1n) is 9.62. The van der Waals surface area contributed by atoms with Gasteiger partial charge in [0.05, 0.1) is 30.4 Å². The average Bonchev–Trinajstić information content (AvgIpc) is 3.06. The van der Waals surface area contributed by atoms with Crippen molar-refractivity contribution >= 4 is 17.7 Å². The van der Waals surface area contributed by atoms with E-state index in [9.17, 15) is 14.3 Å². The Balaban J connectivity index is 1.62. The summed E-state index contributed by atoms with van der Waals surface area (Å²) in [6.45, 7) is -0.299.